The fraction of sp³-hybridized carbons (Fsp3) is 0.0714. The Balaban J connectivity index is 2.26. The van der Waals surface area contributed by atoms with Gasteiger partial charge in [-0.2, -0.15) is 0 Å². The van der Waals surface area contributed by atoms with Crippen LogP contribution in [0.15, 0.2) is 36.4 Å². The van der Waals surface area contributed by atoms with Gasteiger partial charge in [0, 0.05) is 0 Å². The van der Waals surface area contributed by atoms with Gasteiger partial charge in [0.2, 0.25) is 0 Å². The Morgan fingerprint density at radius 1 is 1.17 bits per heavy atom. The number of nitrogens with zero attached hydrogens (tertiary/aromatic N) is 1. The number of anilines is 1. The number of nitrogens with two attached hydrogens (primary N) is 1. The van der Waals surface area contributed by atoms with Crippen molar-refractivity contribution in [3.63, 3.8) is 0 Å². The molecule has 2 aromatic carbocycles. The lowest BCUT2D eigenvalue weighted by atomic mass is 10.2. The second-order valence-electron chi connectivity index (χ2n) is 4.18. The van der Waals surface area contributed by atoms with Gasteiger partial charge in [0.05, 0.1) is 21.5 Å². The summed E-state index contributed by atoms with van der Waals surface area (Å²) in [5.74, 6) is 0.106. The summed E-state index contributed by atoms with van der Waals surface area (Å²) in [6.07, 6.45) is 0. The van der Waals surface area contributed by atoms with E-state index >= 15 is 0 Å². The first-order valence-corrected chi connectivity index (χ1v) is 6.42. The van der Waals surface area contributed by atoms with Gasteiger partial charge in [-0.25, -0.2) is 4.98 Å². The fourth-order valence-corrected chi connectivity index (χ4v) is 3.01. The number of thiazole rings is 1. The van der Waals surface area contributed by atoms with Crippen LogP contribution in [-0.4, -0.2) is 10.1 Å². The number of rotatable bonds is 1. The minimum Gasteiger partial charge on any atom is -0.505 e. The molecule has 0 aliphatic heterocycles. The van der Waals surface area contributed by atoms with Crippen LogP contribution >= 0.6 is 11.3 Å². The summed E-state index contributed by atoms with van der Waals surface area (Å²) < 4.78 is 1.12. The number of aromatic hydroxyl groups is 1. The molecule has 18 heavy (non-hydrogen) atoms. The van der Waals surface area contributed by atoms with Crippen molar-refractivity contribution in [3.05, 3.63) is 42.0 Å². The van der Waals surface area contributed by atoms with E-state index < -0.39 is 0 Å². The highest BCUT2D eigenvalue weighted by molar-refractivity contribution is 7.21. The van der Waals surface area contributed by atoms with E-state index in [0.717, 1.165) is 20.8 Å². The van der Waals surface area contributed by atoms with Gasteiger partial charge >= 0.3 is 0 Å². The molecule has 0 saturated heterocycles. The molecule has 4 heteroatoms. The van der Waals surface area contributed by atoms with Crippen LogP contribution in [0.4, 0.5) is 5.69 Å². The molecule has 0 atom stereocenters. The number of phenols is 1. The molecule has 3 rings (SSSR count). The number of para-hydroxylation sites is 2. The Labute approximate surface area is 109 Å². The van der Waals surface area contributed by atoms with Crippen LogP contribution in [0, 0.1) is 6.92 Å². The number of nitrogen functional groups attached to an aromatic ring is 1. The predicted molar refractivity (Wildman–Crippen MR) is 75.9 cm³/mol. The normalized spacial score (nSPS) is 10.9. The highest BCUT2D eigenvalue weighted by Crippen LogP contribution is 2.38. The molecule has 0 aliphatic rings. The molecule has 1 heterocycles. The van der Waals surface area contributed by atoms with E-state index in [0.29, 0.717) is 11.3 Å². The van der Waals surface area contributed by atoms with Crippen LogP contribution < -0.4 is 5.73 Å². The van der Waals surface area contributed by atoms with Gasteiger partial charge in [-0.05, 0) is 30.7 Å². The summed E-state index contributed by atoms with van der Waals surface area (Å²) in [7, 11) is 0. The van der Waals surface area contributed by atoms with Crippen LogP contribution in [0.25, 0.3) is 20.8 Å². The lowest BCUT2D eigenvalue weighted by molar-refractivity contribution is 0.480. The quantitative estimate of drug-likeness (QED) is 0.517. The van der Waals surface area contributed by atoms with E-state index in [1.165, 1.54) is 0 Å². The monoisotopic (exact) mass is 256 g/mol. The topological polar surface area (TPSA) is 59.1 Å². The fourth-order valence-electron chi connectivity index (χ4n) is 1.94. The molecule has 0 saturated carbocycles. The van der Waals surface area contributed by atoms with Crippen molar-refractivity contribution in [2.75, 3.05) is 5.73 Å². The number of hydrogen-bond donors (Lipinski definition) is 2. The molecule has 0 radical (unpaired) electrons. The van der Waals surface area contributed by atoms with Crippen molar-refractivity contribution in [2.45, 2.75) is 6.92 Å². The second-order valence-corrected chi connectivity index (χ2v) is 5.21. The molecule has 0 bridgehead atoms. The van der Waals surface area contributed by atoms with Crippen molar-refractivity contribution in [1.82, 2.24) is 4.98 Å². The maximum atomic E-state index is 9.99. The van der Waals surface area contributed by atoms with Crippen molar-refractivity contribution in [2.24, 2.45) is 0 Å². The van der Waals surface area contributed by atoms with Gasteiger partial charge in [-0.1, -0.05) is 18.2 Å². The van der Waals surface area contributed by atoms with Gasteiger partial charge in [0.25, 0.3) is 0 Å². The number of fused-ring (bicyclic) bond motifs is 1. The Morgan fingerprint density at radius 2 is 1.94 bits per heavy atom. The Hall–Kier alpha value is -2.07. The highest BCUT2D eigenvalue weighted by Gasteiger charge is 2.12. The molecule has 0 unspecified atom stereocenters. The van der Waals surface area contributed by atoms with Crippen molar-refractivity contribution in [3.8, 4) is 16.3 Å². The van der Waals surface area contributed by atoms with Gasteiger partial charge in [0.1, 0.15) is 10.8 Å². The van der Waals surface area contributed by atoms with E-state index in [4.69, 9.17) is 5.73 Å². The number of hydrogen-bond acceptors (Lipinski definition) is 4. The zero-order valence-corrected chi connectivity index (χ0v) is 10.7. The van der Waals surface area contributed by atoms with E-state index in [1.807, 2.05) is 37.3 Å². The summed E-state index contributed by atoms with van der Waals surface area (Å²) in [6.45, 7) is 2.03. The number of benzene rings is 2. The van der Waals surface area contributed by atoms with E-state index in [2.05, 4.69) is 4.98 Å². The van der Waals surface area contributed by atoms with Crippen LogP contribution in [0.1, 0.15) is 5.56 Å². The van der Waals surface area contributed by atoms with Crippen molar-refractivity contribution >= 4 is 27.2 Å². The van der Waals surface area contributed by atoms with E-state index in [9.17, 15) is 5.11 Å². The largest absolute Gasteiger partial charge is 0.505 e. The molecule has 0 aliphatic carbocycles. The van der Waals surface area contributed by atoms with Crippen LogP contribution in [0.2, 0.25) is 0 Å². The van der Waals surface area contributed by atoms with E-state index in [-0.39, 0.29) is 5.75 Å². The molecule has 0 amide bonds. The van der Waals surface area contributed by atoms with Crippen LogP contribution in [0.5, 0.6) is 5.75 Å². The molecule has 1 aromatic heterocycles. The first kappa shape index (κ1) is 11.0. The van der Waals surface area contributed by atoms with Crippen LogP contribution in [-0.2, 0) is 0 Å². The van der Waals surface area contributed by atoms with Gasteiger partial charge < -0.3 is 10.8 Å². The SMILES string of the molecule is Cc1cccc2sc(-c3cccc(N)c3O)nc12. The molecule has 3 N–H and O–H groups in total. The standard InChI is InChI=1S/C14H12N2OS/c1-8-4-2-7-11-12(8)16-14(18-11)9-5-3-6-10(15)13(9)17/h2-7,17H,15H2,1H3. The molecule has 0 spiro atoms. The number of aromatic nitrogens is 1. The maximum Gasteiger partial charge on any atom is 0.148 e. The van der Waals surface area contributed by atoms with Crippen molar-refractivity contribution in [1.29, 1.82) is 0 Å². The Bertz CT molecular complexity index is 734. The lowest BCUT2D eigenvalue weighted by Gasteiger charge is -2.02. The summed E-state index contributed by atoms with van der Waals surface area (Å²) in [5.41, 5.74) is 8.90. The molecule has 3 nitrogen and oxygen atoms in total. The average molecular weight is 256 g/mol. The summed E-state index contributed by atoms with van der Waals surface area (Å²) in [6, 6.07) is 11.4. The van der Waals surface area contributed by atoms with Crippen molar-refractivity contribution < 1.29 is 5.11 Å². The van der Waals surface area contributed by atoms with Gasteiger partial charge in [0.15, 0.2) is 0 Å². The zero-order chi connectivity index (χ0) is 12.7. The highest BCUT2D eigenvalue weighted by atomic mass is 32.1. The van der Waals surface area contributed by atoms with Crippen LogP contribution in [0.3, 0.4) is 0 Å². The smallest absolute Gasteiger partial charge is 0.148 e. The second kappa shape index (κ2) is 3.99. The third kappa shape index (κ3) is 1.62. The first-order valence-electron chi connectivity index (χ1n) is 5.61. The molecular formula is C14H12N2OS. The molecule has 3 aromatic rings. The lowest BCUT2D eigenvalue weighted by Crippen LogP contribution is -1.87. The molecule has 0 fully saturated rings. The predicted octanol–water partition coefficient (Wildman–Crippen LogP) is 3.56. The third-order valence-corrected chi connectivity index (χ3v) is 3.97. The summed E-state index contributed by atoms with van der Waals surface area (Å²) >= 11 is 1.56. The Morgan fingerprint density at radius 3 is 2.72 bits per heavy atom. The number of aryl methyl sites for hydroxylation is 1. The van der Waals surface area contributed by atoms with Gasteiger partial charge in [-0.3, -0.25) is 0 Å². The Kier molecular flexibility index (Phi) is 2.45. The minimum atomic E-state index is 0.106. The molecule has 90 valence electrons. The average Bonchev–Trinajstić information content (AvgIpc) is 2.78. The summed E-state index contributed by atoms with van der Waals surface area (Å²) in [4.78, 5) is 4.59. The van der Waals surface area contributed by atoms with Gasteiger partial charge in [-0.15, -0.1) is 11.3 Å². The molecular weight excluding hydrogens is 244 g/mol. The minimum absolute atomic E-state index is 0.106. The maximum absolute atomic E-state index is 9.99. The number of phenolic OH excluding ortho intramolecular Hbond substituents is 1. The summed E-state index contributed by atoms with van der Waals surface area (Å²) in [5, 5.41) is 10.8. The van der Waals surface area contributed by atoms with E-state index in [1.54, 1.807) is 17.4 Å². The first-order chi connectivity index (χ1) is 8.66. The third-order valence-electron chi connectivity index (χ3n) is 2.92. The zero-order valence-electron chi connectivity index (χ0n) is 9.84.